The maximum absolute atomic E-state index is 6.26. The van der Waals surface area contributed by atoms with Gasteiger partial charge in [0, 0.05) is 21.8 Å². The van der Waals surface area contributed by atoms with E-state index in [4.69, 9.17) is 23.2 Å². The first-order chi connectivity index (χ1) is 11.2. The van der Waals surface area contributed by atoms with Crippen LogP contribution in [0.5, 0.6) is 0 Å². The lowest BCUT2D eigenvalue weighted by Gasteiger charge is -2.09. The Morgan fingerprint density at radius 2 is 1.91 bits per heavy atom. The van der Waals surface area contributed by atoms with Crippen molar-refractivity contribution in [1.29, 1.82) is 0 Å². The molecule has 23 heavy (non-hydrogen) atoms. The van der Waals surface area contributed by atoms with E-state index in [1.807, 2.05) is 24.3 Å². The topological polar surface area (TPSA) is 30.7 Å². The van der Waals surface area contributed by atoms with Gasteiger partial charge in [0.1, 0.15) is 0 Å². The van der Waals surface area contributed by atoms with Crippen LogP contribution in [0, 0.1) is 0 Å². The van der Waals surface area contributed by atoms with E-state index in [9.17, 15) is 0 Å². The van der Waals surface area contributed by atoms with Gasteiger partial charge in [0.15, 0.2) is 11.0 Å². The number of thiophene rings is 1. The SMILES string of the molecule is Clc1cccc(Cl)c1CSc1nnc(-c2cccs2)n1C1CC1. The second-order valence-corrected chi connectivity index (χ2v) is 8.08. The minimum absolute atomic E-state index is 0.520. The molecule has 0 spiro atoms. The van der Waals surface area contributed by atoms with Crippen molar-refractivity contribution in [3.8, 4) is 10.7 Å². The third-order valence-corrected chi connectivity index (χ3v) is 6.27. The Labute approximate surface area is 152 Å². The minimum Gasteiger partial charge on any atom is -0.298 e. The molecule has 1 aliphatic carbocycles. The van der Waals surface area contributed by atoms with E-state index >= 15 is 0 Å². The Morgan fingerprint density at radius 1 is 1.13 bits per heavy atom. The third-order valence-electron chi connectivity index (χ3n) is 3.73. The van der Waals surface area contributed by atoms with E-state index < -0.39 is 0 Å². The molecule has 1 aromatic carbocycles. The van der Waals surface area contributed by atoms with Gasteiger partial charge in [-0.1, -0.05) is 47.1 Å². The molecular weight excluding hydrogens is 369 g/mol. The number of hydrogen-bond donors (Lipinski definition) is 0. The summed E-state index contributed by atoms with van der Waals surface area (Å²) in [6.07, 6.45) is 2.38. The lowest BCUT2D eigenvalue weighted by atomic mass is 10.2. The lowest BCUT2D eigenvalue weighted by molar-refractivity contribution is 0.670. The average molecular weight is 382 g/mol. The van der Waals surface area contributed by atoms with Crippen LogP contribution in [0.2, 0.25) is 10.0 Å². The number of halogens is 2. The van der Waals surface area contributed by atoms with Crippen LogP contribution in [-0.2, 0) is 5.75 Å². The normalized spacial score (nSPS) is 14.3. The van der Waals surface area contributed by atoms with Gasteiger partial charge in [0.2, 0.25) is 0 Å². The summed E-state index contributed by atoms with van der Waals surface area (Å²) in [4.78, 5) is 1.16. The van der Waals surface area contributed by atoms with Crippen molar-refractivity contribution in [2.75, 3.05) is 0 Å². The molecule has 3 aromatic rings. The molecule has 118 valence electrons. The molecule has 0 aliphatic heterocycles. The Kier molecular flexibility index (Phi) is 4.37. The van der Waals surface area contributed by atoms with Crippen LogP contribution in [-0.4, -0.2) is 14.8 Å². The Hall–Kier alpha value is -1.01. The van der Waals surface area contributed by atoms with Crippen LogP contribution in [0.15, 0.2) is 40.9 Å². The second kappa shape index (κ2) is 6.48. The summed E-state index contributed by atoms with van der Waals surface area (Å²) < 4.78 is 2.27. The molecule has 3 nitrogen and oxygen atoms in total. The molecule has 1 fully saturated rings. The van der Waals surface area contributed by atoms with Gasteiger partial charge in [0.05, 0.1) is 4.88 Å². The van der Waals surface area contributed by atoms with E-state index in [2.05, 4.69) is 26.2 Å². The molecule has 0 unspecified atom stereocenters. The molecule has 0 saturated heterocycles. The van der Waals surface area contributed by atoms with Crippen LogP contribution >= 0.6 is 46.3 Å². The lowest BCUT2D eigenvalue weighted by Crippen LogP contribution is -1.99. The zero-order valence-electron chi connectivity index (χ0n) is 12.1. The summed E-state index contributed by atoms with van der Waals surface area (Å²) in [7, 11) is 0. The predicted octanol–water partition coefficient (Wildman–Crippen LogP) is 5.94. The number of nitrogens with zero attached hydrogens (tertiary/aromatic N) is 3. The van der Waals surface area contributed by atoms with Crippen LogP contribution in [0.4, 0.5) is 0 Å². The zero-order valence-corrected chi connectivity index (χ0v) is 15.2. The molecule has 4 rings (SSSR count). The highest BCUT2D eigenvalue weighted by molar-refractivity contribution is 7.98. The molecule has 1 saturated carbocycles. The first kappa shape index (κ1) is 15.5. The molecule has 0 N–H and O–H groups in total. The fourth-order valence-corrected chi connectivity index (χ4v) is 4.87. The maximum atomic E-state index is 6.26. The minimum atomic E-state index is 0.520. The van der Waals surface area contributed by atoms with Gasteiger partial charge in [-0.2, -0.15) is 0 Å². The largest absolute Gasteiger partial charge is 0.298 e. The van der Waals surface area contributed by atoms with E-state index in [0.29, 0.717) is 21.8 Å². The van der Waals surface area contributed by atoms with Crippen molar-refractivity contribution in [2.24, 2.45) is 0 Å². The van der Waals surface area contributed by atoms with Gasteiger partial charge in [-0.3, -0.25) is 4.57 Å². The molecule has 0 amide bonds. The average Bonchev–Trinajstić information content (AvgIpc) is 3.07. The van der Waals surface area contributed by atoms with Gasteiger partial charge in [-0.25, -0.2) is 0 Å². The summed E-state index contributed by atoms with van der Waals surface area (Å²) >= 11 is 15.8. The number of aromatic nitrogens is 3. The van der Waals surface area contributed by atoms with Crippen molar-refractivity contribution >= 4 is 46.3 Å². The van der Waals surface area contributed by atoms with Crippen molar-refractivity contribution in [3.05, 3.63) is 51.3 Å². The highest BCUT2D eigenvalue weighted by Crippen LogP contribution is 2.42. The van der Waals surface area contributed by atoms with Gasteiger partial charge >= 0.3 is 0 Å². The summed E-state index contributed by atoms with van der Waals surface area (Å²) in [5, 5.41) is 13.2. The van der Waals surface area contributed by atoms with Crippen molar-refractivity contribution in [2.45, 2.75) is 29.8 Å². The van der Waals surface area contributed by atoms with E-state index in [1.165, 1.54) is 12.8 Å². The Balaban J connectivity index is 1.62. The van der Waals surface area contributed by atoms with Gasteiger partial charge in [-0.05, 0) is 42.0 Å². The van der Waals surface area contributed by atoms with Gasteiger partial charge in [-0.15, -0.1) is 21.5 Å². The smallest absolute Gasteiger partial charge is 0.192 e. The van der Waals surface area contributed by atoms with Gasteiger partial charge < -0.3 is 0 Å². The summed E-state index contributed by atoms with van der Waals surface area (Å²) in [6.45, 7) is 0. The molecular formula is C16H13Cl2N3S2. The van der Waals surface area contributed by atoms with Crippen molar-refractivity contribution in [1.82, 2.24) is 14.8 Å². The molecule has 0 bridgehead atoms. The van der Waals surface area contributed by atoms with Crippen LogP contribution < -0.4 is 0 Å². The predicted molar refractivity (Wildman–Crippen MR) is 97.6 cm³/mol. The molecule has 2 aromatic heterocycles. The van der Waals surface area contributed by atoms with Crippen molar-refractivity contribution in [3.63, 3.8) is 0 Å². The highest BCUT2D eigenvalue weighted by Gasteiger charge is 2.30. The fraction of sp³-hybridized carbons (Fsp3) is 0.250. The zero-order chi connectivity index (χ0) is 15.8. The first-order valence-corrected chi connectivity index (χ1v) is 9.90. The summed E-state index contributed by atoms with van der Waals surface area (Å²) in [5.41, 5.74) is 0.948. The maximum Gasteiger partial charge on any atom is 0.192 e. The van der Waals surface area contributed by atoms with Crippen molar-refractivity contribution < 1.29 is 0 Å². The quantitative estimate of drug-likeness (QED) is 0.512. The standard InChI is InChI=1S/C16H13Cl2N3S2/c17-12-3-1-4-13(18)11(12)9-23-16-20-19-15(14-5-2-8-22-14)21(16)10-6-7-10/h1-5,8,10H,6-7,9H2. The van der Waals surface area contributed by atoms with E-state index in [0.717, 1.165) is 21.4 Å². The molecule has 7 heteroatoms. The van der Waals surface area contributed by atoms with Gasteiger partial charge in [0.25, 0.3) is 0 Å². The second-order valence-electron chi connectivity index (χ2n) is 5.37. The fourth-order valence-electron chi connectivity index (χ4n) is 2.42. The summed E-state index contributed by atoms with van der Waals surface area (Å²) in [6, 6.07) is 10.2. The first-order valence-electron chi connectivity index (χ1n) is 7.28. The number of benzene rings is 1. The number of thioether (sulfide) groups is 1. The Morgan fingerprint density at radius 3 is 2.57 bits per heavy atom. The molecule has 0 atom stereocenters. The number of rotatable bonds is 5. The van der Waals surface area contributed by atoms with E-state index in [-0.39, 0.29) is 0 Å². The monoisotopic (exact) mass is 381 g/mol. The van der Waals surface area contributed by atoms with Crippen LogP contribution in [0.3, 0.4) is 0 Å². The molecule has 0 radical (unpaired) electrons. The van der Waals surface area contributed by atoms with Crippen LogP contribution in [0.25, 0.3) is 10.7 Å². The number of hydrogen-bond acceptors (Lipinski definition) is 4. The third kappa shape index (κ3) is 3.15. The Bertz CT molecular complexity index is 806. The van der Waals surface area contributed by atoms with E-state index in [1.54, 1.807) is 23.1 Å². The van der Waals surface area contributed by atoms with Crippen LogP contribution in [0.1, 0.15) is 24.4 Å². The molecule has 2 heterocycles. The molecule has 1 aliphatic rings. The summed E-state index contributed by atoms with van der Waals surface area (Å²) in [5.74, 6) is 1.66. The highest BCUT2D eigenvalue weighted by atomic mass is 35.5.